The van der Waals surface area contributed by atoms with E-state index >= 15 is 0 Å². The molecule has 0 saturated carbocycles. The number of hydrogen-bond acceptors (Lipinski definition) is 2. The number of aliphatic carboxylic acids is 1. The van der Waals surface area contributed by atoms with Crippen LogP contribution in [-0.4, -0.2) is 30.2 Å². The Bertz CT molecular complexity index is 304. The predicted molar refractivity (Wildman–Crippen MR) is 85.3 cm³/mol. The number of nitrogens with one attached hydrogen (secondary N) is 2. The average molecular weight is 300 g/mol. The van der Waals surface area contributed by atoms with Crippen LogP contribution >= 0.6 is 0 Å². The second-order valence-corrected chi connectivity index (χ2v) is 6.42. The molecule has 0 aliphatic heterocycles. The van der Waals surface area contributed by atoms with Crippen molar-refractivity contribution in [2.45, 2.75) is 59.8 Å². The van der Waals surface area contributed by atoms with Gasteiger partial charge in [0, 0.05) is 13.1 Å². The van der Waals surface area contributed by atoms with E-state index in [9.17, 15) is 9.59 Å². The molecule has 0 fully saturated rings. The maximum atomic E-state index is 11.6. The molecular formula is C16H32N2O3. The van der Waals surface area contributed by atoms with E-state index in [2.05, 4.69) is 24.5 Å². The highest BCUT2D eigenvalue weighted by Crippen LogP contribution is 2.10. The van der Waals surface area contributed by atoms with Crippen molar-refractivity contribution in [3.63, 3.8) is 0 Å². The zero-order chi connectivity index (χ0) is 16.3. The fraction of sp³-hybridized carbons (Fsp3) is 0.875. The van der Waals surface area contributed by atoms with Crippen LogP contribution in [0.15, 0.2) is 0 Å². The van der Waals surface area contributed by atoms with Crippen molar-refractivity contribution in [3.8, 4) is 0 Å². The van der Waals surface area contributed by atoms with E-state index in [0.717, 1.165) is 18.8 Å². The summed E-state index contributed by atoms with van der Waals surface area (Å²) in [4.78, 5) is 22.5. The lowest BCUT2D eigenvalue weighted by molar-refractivity contribution is -0.142. The molecule has 5 heteroatoms. The number of carboxylic acid groups (broad SMARTS) is 1. The summed E-state index contributed by atoms with van der Waals surface area (Å²) in [5.74, 6) is -0.636. The fourth-order valence-corrected chi connectivity index (χ4v) is 2.11. The van der Waals surface area contributed by atoms with Crippen molar-refractivity contribution in [3.05, 3.63) is 0 Å². The van der Waals surface area contributed by atoms with Gasteiger partial charge in [0.05, 0.1) is 5.92 Å². The molecule has 0 aliphatic rings. The molecule has 1 unspecified atom stereocenters. The number of carboxylic acids is 1. The summed E-state index contributed by atoms with van der Waals surface area (Å²) in [5.41, 5.74) is 0. The topological polar surface area (TPSA) is 78.4 Å². The van der Waals surface area contributed by atoms with Crippen molar-refractivity contribution in [1.82, 2.24) is 10.6 Å². The molecule has 0 heterocycles. The summed E-state index contributed by atoms with van der Waals surface area (Å²) >= 11 is 0. The second-order valence-electron chi connectivity index (χ2n) is 6.42. The van der Waals surface area contributed by atoms with Gasteiger partial charge in [0.25, 0.3) is 0 Å². The van der Waals surface area contributed by atoms with Crippen LogP contribution in [0.3, 0.4) is 0 Å². The molecule has 0 rings (SSSR count). The summed E-state index contributed by atoms with van der Waals surface area (Å²) in [6, 6.07) is -0.274. The van der Waals surface area contributed by atoms with Crippen LogP contribution in [0.4, 0.5) is 4.79 Å². The number of carbonyl (C=O) groups is 2. The Morgan fingerprint density at radius 2 is 1.57 bits per heavy atom. The summed E-state index contributed by atoms with van der Waals surface area (Å²) < 4.78 is 0. The molecule has 0 aromatic rings. The van der Waals surface area contributed by atoms with Gasteiger partial charge in [-0.1, -0.05) is 53.4 Å². The minimum Gasteiger partial charge on any atom is -0.481 e. The maximum Gasteiger partial charge on any atom is 0.314 e. The molecular weight excluding hydrogens is 268 g/mol. The van der Waals surface area contributed by atoms with Crippen LogP contribution in [0.25, 0.3) is 0 Å². The average Bonchev–Trinajstić information content (AvgIpc) is 2.36. The van der Waals surface area contributed by atoms with Gasteiger partial charge in [-0.25, -0.2) is 4.79 Å². The lowest BCUT2D eigenvalue weighted by Gasteiger charge is -2.17. The summed E-state index contributed by atoms with van der Waals surface area (Å²) in [6.07, 6.45) is 5.81. The van der Waals surface area contributed by atoms with E-state index < -0.39 is 11.9 Å². The van der Waals surface area contributed by atoms with Crippen LogP contribution in [0.5, 0.6) is 0 Å². The van der Waals surface area contributed by atoms with E-state index in [1.54, 1.807) is 0 Å². The summed E-state index contributed by atoms with van der Waals surface area (Å²) in [7, 11) is 0. The summed E-state index contributed by atoms with van der Waals surface area (Å²) in [5, 5.41) is 14.4. The molecule has 0 saturated heterocycles. The first-order valence-electron chi connectivity index (χ1n) is 8.09. The number of hydrogen-bond donors (Lipinski definition) is 3. The van der Waals surface area contributed by atoms with Crippen molar-refractivity contribution in [2.75, 3.05) is 13.1 Å². The Morgan fingerprint density at radius 1 is 0.952 bits per heavy atom. The first kappa shape index (κ1) is 19.7. The fourth-order valence-electron chi connectivity index (χ4n) is 2.11. The van der Waals surface area contributed by atoms with Gasteiger partial charge in [-0.2, -0.15) is 0 Å². The van der Waals surface area contributed by atoms with Crippen LogP contribution < -0.4 is 10.6 Å². The van der Waals surface area contributed by atoms with Crippen LogP contribution in [0, 0.1) is 17.8 Å². The molecule has 1 atom stereocenters. The van der Waals surface area contributed by atoms with Crippen molar-refractivity contribution in [1.29, 1.82) is 0 Å². The molecule has 0 aliphatic carbocycles. The molecule has 5 nitrogen and oxygen atoms in total. The largest absolute Gasteiger partial charge is 0.481 e. The standard InChI is InChI=1S/C16H32N2O3/c1-12(2)9-7-5-6-8-10-17-16(21)18-11-14(13(3)4)15(19)20/h12-14H,5-11H2,1-4H3,(H,19,20)(H2,17,18,21). The Morgan fingerprint density at radius 3 is 2.10 bits per heavy atom. The van der Waals surface area contributed by atoms with Gasteiger partial charge in [-0.3, -0.25) is 4.79 Å². The van der Waals surface area contributed by atoms with Gasteiger partial charge in [-0.15, -0.1) is 0 Å². The maximum absolute atomic E-state index is 11.6. The highest BCUT2D eigenvalue weighted by atomic mass is 16.4. The molecule has 21 heavy (non-hydrogen) atoms. The number of carbonyl (C=O) groups excluding carboxylic acids is 1. The van der Waals surface area contributed by atoms with Gasteiger partial charge in [0.2, 0.25) is 0 Å². The molecule has 124 valence electrons. The van der Waals surface area contributed by atoms with Gasteiger partial charge >= 0.3 is 12.0 Å². The van der Waals surface area contributed by atoms with Gasteiger partial charge in [0.15, 0.2) is 0 Å². The normalized spacial score (nSPS) is 12.5. The van der Waals surface area contributed by atoms with E-state index in [1.807, 2.05) is 13.8 Å². The smallest absolute Gasteiger partial charge is 0.314 e. The first-order valence-corrected chi connectivity index (χ1v) is 8.09. The third-order valence-corrected chi connectivity index (χ3v) is 3.60. The van der Waals surface area contributed by atoms with Crippen LogP contribution in [0.2, 0.25) is 0 Å². The van der Waals surface area contributed by atoms with Gasteiger partial charge in [-0.05, 0) is 18.3 Å². The lowest BCUT2D eigenvalue weighted by Crippen LogP contribution is -2.41. The second kappa shape index (κ2) is 11.4. The van der Waals surface area contributed by atoms with Crippen LogP contribution in [0.1, 0.15) is 59.8 Å². The molecule has 0 aromatic heterocycles. The number of rotatable bonds is 11. The van der Waals surface area contributed by atoms with E-state index in [1.165, 1.54) is 19.3 Å². The highest BCUT2D eigenvalue weighted by molar-refractivity contribution is 5.75. The SMILES string of the molecule is CC(C)CCCCCCNC(=O)NCC(C(=O)O)C(C)C. The van der Waals surface area contributed by atoms with Gasteiger partial charge in [0.1, 0.15) is 0 Å². The van der Waals surface area contributed by atoms with E-state index in [4.69, 9.17) is 5.11 Å². The highest BCUT2D eigenvalue weighted by Gasteiger charge is 2.21. The van der Waals surface area contributed by atoms with E-state index in [0.29, 0.717) is 6.54 Å². The Labute approximate surface area is 128 Å². The number of amides is 2. The Balaban J connectivity index is 3.60. The Hall–Kier alpha value is -1.26. The molecule has 3 N–H and O–H groups in total. The zero-order valence-corrected chi connectivity index (χ0v) is 13.9. The number of unbranched alkanes of at least 4 members (excludes halogenated alkanes) is 3. The van der Waals surface area contributed by atoms with Gasteiger partial charge < -0.3 is 15.7 Å². The molecule has 0 radical (unpaired) electrons. The first-order chi connectivity index (χ1) is 9.84. The summed E-state index contributed by atoms with van der Waals surface area (Å²) in [6.45, 7) is 8.96. The van der Waals surface area contributed by atoms with Crippen molar-refractivity contribution >= 4 is 12.0 Å². The monoisotopic (exact) mass is 300 g/mol. The third-order valence-electron chi connectivity index (χ3n) is 3.60. The van der Waals surface area contributed by atoms with E-state index in [-0.39, 0.29) is 18.5 Å². The molecule has 0 spiro atoms. The Kier molecular flexibility index (Phi) is 10.7. The van der Waals surface area contributed by atoms with Crippen LogP contribution in [-0.2, 0) is 4.79 Å². The minimum absolute atomic E-state index is 0.00348. The third kappa shape index (κ3) is 11.1. The lowest BCUT2D eigenvalue weighted by atomic mass is 9.96. The molecule has 2 amide bonds. The van der Waals surface area contributed by atoms with Crippen molar-refractivity contribution < 1.29 is 14.7 Å². The molecule has 0 aromatic carbocycles. The zero-order valence-electron chi connectivity index (χ0n) is 13.9. The minimum atomic E-state index is -0.865. The predicted octanol–water partition coefficient (Wildman–Crippen LogP) is 3.25. The van der Waals surface area contributed by atoms with Crippen molar-refractivity contribution in [2.24, 2.45) is 17.8 Å². The molecule has 0 bridgehead atoms. The number of urea groups is 1. The quantitative estimate of drug-likeness (QED) is 0.512.